The summed E-state index contributed by atoms with van der Waals surface area (Å²) in [5.74, 6) is -0.0644. The van der Waals surface area contributed by atoms with Gasteiger partial charge in [0.25, 0.3) is 5.91 Å². The first-order valence-electron chi connectivity index (χ1n) is 7.44. The minimum absolute atomic E-state index is 0.271. The molecule has 0 radical (unpaired) electrons. The van der Waals surface area contributed by atoms with Crippen LogP contribution in [0.3, 0.4) is 0 Å². The summed E-state index contributed by atoms with van der Waals surface area (Å²) in [6.45, 7) is 0. The number of nitrogens with one attached hydrogen (secondary N) is 1. The highest BCUT2D eigenvalue weighted by molar-refractivity contribution is 6.08. The average Bonchev–Trinajstić information content (AvgIpc) is 2.60. The molecule has 0 spiro atoms. The maximum atomic E-state index is 12.6. The Kier molecular flexibility index (Phi) is 4.35. The normalized spacial score (nSPS) is 11.4. The second kappa shape index (κ2) is 6.47. The van der Waals surface area contributed by atoms with Gasteiger partial charge in [-0.3, -0.25) is 4.79 Å². The molecule has 0 aliphatic heterocycles. The van der Waals surface area contributed by atoms with Crippen molar-refractivity contribution in [3.8, 4) is 5.75 Å². The second-order valence-electron chi connectivity index (χ2n) is 5.43. The summed E-state index contributed by atoms with van der Waals surface area (Å²) in [6.07, 6.45) is -4.41. The zero-order chi connectivity index (χ0) is 18.0. The molecule has 0 heterocycles. The van der Waals surface area contributed by atoms with E-state index in [2.05, 4.69) is 5.32 Å². The van der Waals surface area contributed by atoms with E-state index in [0.29, 0.717) is 11.3 Å². The molecule has 0 aliphatic rings. The largest absolute Gasteiger partial charge is 0.496 e. The lowest BCUT2D eigenvalue weighted by atomic mass is 10.1. The van der Waals surface area contributed by atoms with E-state index >= 15 is 0 Å². The van der Waals surface area contributed by atoms with Crippen LogP contribution in [-0.4, -0.2) is 13.0 Å². The molecule has 0 bridgehead atoms. The van der Waals surface area contributed by atoms with Gasteiger partial charge >= 0.3 is 6.18 Å². The minimum Gasteiger partial charge on any atom is -0.496 e. The molecule has 0 saturated carbocycles. The van der Waals surface area contributed by atoms with Crippen LogP contribution in [0, 0.1) is 0 Å². The van der Waals surface area contributed by atoms with E-state index in [0.717, 1.165) is 22.9 Å². The predicted molar refractivity (Wildman–Crippen MR) is 89.9 cm³/mol. The number of benzene rings is 3. The first-order valence-corrected chi connectivity index (χ1v) is 7.44. The van der Waals surface area contributed by atoms with Crippen LogP contribution >= 0.6 is 0 Å². The Bertz CT molecular complexity index is 918. The van der Waals surface area contributed by atoms with E-state index in [1.807, 2.05) is 24.3 Å². The summed E-state index contributed by atoms with van der Waals surface area (Å²) < 4.78 is 43.0. The minimum atomic E-state index is -4.41. The molecule has 0 aliphatic carbocycles. The van der Waals surface area contributed by atoms with Crippen LogP contribution in [0.15, 0.2) is 60.7 Å². The fourth-order valence-electron chi connectivity index (χ4n) is 2.51. The molecule has 0 atom stereocenters. The van der Waals surface area contributed by atoms with Gasteiger partial charge in [-0.25, -0.2) is 0 Å². The molecule has 3 rings (SSSR count). The van der Waals surface area contributed by atoms with E-state index in [4.69, 9.17) is 4.74 Å². The lowest BCUT2D eigenvalue weighted by molar-refractivity contribution is -0.137. The topological polar surface area (TPSA) is 38.3 Å². The van der Waals surface area contributed by atoms with E-state index in [1.54, 1.807) is 12.1 Å². The van der Waals surface area contributed by atoms with Crippen LogP contribution in [-0.2, 0) is 6.18 Å². The first kappa shape index (κ1) is 16.8. The molecule has 1 N–H and O–H groups in total. The van der Waals surface area contributed by atoms with Crippen molar-refractivity contribution in [1.82, 2.24) is 0 Å². The number of hydrogen-bond acceptors (Lipinski definition) is 2. The standard InChI is InChI=1S/C19H14F3NO2/c1-25-17-11-13-5-3-2-4-12(13)10-16(17)18(24)23-15-8-6-14(7-9-15)19(20,21)22/h2-11H,1H3,(H,23,24). The summed E-state index contributed by atoms with van der Waals surface area (Å²) in [5, 5.41) is 4.37. The number of rotatable bonds is 3. The van der Waals surface area contributed by atoms with Gasteiger partial charge in [0.1, 0.15) is 5.75 Å². The number of alkyl halides is 3. The Labute approximate surface area is 142 Å². The van der Waals surface area contributed by atoms with Gasteiger partial charge < -0.3 is 10.1 Å². The number of fused-ring (bicyclic) bond motifs is 1. The highest BCUT2D eigenvalue weighted by atomic mass is 19.4. The molecule has 25 heavy (non-hydrogen) atoms. The molecular weight excluding hydrogens is 331 g/mol. The first-order chi connectivity index (χ1) is 11.9. The van der Waals surface area contributed by atoms with Gasteiger partial charge in [-0.15, -0.1) is 0 Å². The van der Waals surface area contributed by atoms with Crippen molar-refractivity contribution in [1.29, 1.82) is 0 Å². The zero-order valence-corrected chi connectivity index (χ0v) is 13.2. The van der Waals surface area contributed by atoms with Gasteiger partial charge in [-0.05, 0) is 47.2 Å². The number of hydrogen-bond donors (Lipinski definition) is 1. The second-order valence-corrected chi connectivity index (χ2v) is 5.43. The van der Waals surface area contributed by atoms with Gasteiger partial charge in [0.15, 0.2) is 0 Å². The van der Waals surface area contributed by atoms with Crippen LogP contribution < -0.4 is 10.1 Å². The Morgan fingerprint density at radius 1 is 0.960 bits per heavy atom. The summed E-state index contributed by atoms with van der Waals surface area (Å²) >= 11 is 0. The molecule has 6 heteroatoms. The van der Waals surface area contributed by atoms with Gasteiger partial charge in [-0.2, -0.15) is 13.2 Å². The van der Waals surface area contributed by atoms with Crippen molar-refractivity contribution in [2.24, 2.45) is 0 Å². The summed E-state index contributed by atoms with van der Waals surface area (Å²) in [6, 6.07) is 15.2. The number of carbonyl (C=O) groups is 1. The maximum Gasteiger partial charge on any atom is 0.416 e. The molecular formula is C19H14F3NO2. The third kappa shape index (κ3) is 3.57. The molecule has 3 aromatic rings. The number of amides is 1. The summed E-state index contributed by atoms with van der Waals surface area (Å²) in [4.78, 5) is 12.5. The molecule has 0 aromatic heterocycles. The van der Waals surface area contributed by atoms with E-state index in [9.17, 15) is 18.0 Å². The maximum absolute atomic E-state index is 12.6. The smallest absolute Gasteiger partial charge is 0.416 e. The molecule has 0 fully saturated rings. The Balaban J connectivity index is 1.89. The SMILES string of the molecule is COc1cc2ccccc2cc1C(=O)Nc1ccc(C(F)(F)F)cc1. The van der Waals surface area contributed by atoms with Crippen molar-refractivity contribution in [3.63, 3.8) is 0 Å². The lowest BCUT2D eigenvalue weighted by Gasteiger charge is -2.12. The van der Waals surface area contributed by atoms with E-state index in [1.165, 1.54) is 19.2 Å². The van der Waals surface area contributed by atoms with Crippen LogP contribution in [0.4, 0.5) is 18.9 Å². The van der Waals surface area contributed by atoms with Crippen molar-refractivity contribution < 1.29 is 22.7 Å². The van der Waals surface area contributed by atoms with Gasteiger partial charge in [0.05, 0.1) is 18.2 Å². The highest BCUT2D eigenvalue weighted by Crippen LogP contribution is 2.30. The third-order valence-corrected chi connectivity index (χ3v) is 3.78. The number of ether oxygens (including phenoxy) is 1. The van der Waals surface area contributed by atoms with Crippen LogP contribution in [0.1, 0.15) is 15.9 Å². The quantitative estimate of drug-likeness (QED) is 0.715. The monoisotopic (exact) mass is 345 g/mol. The third-order valence-electron chi connectivity index (χ3n) is 3.78. The Morgan fingerprint density at radius 2 is 1.56 bits per heavy atom. The molecule has 128 valence electrons. The molecule has 3 aromatic carbocycles. The highest BCUT2D eigenvalue weighted by Gasteiger charge is 2.30. The lowest BCUT2D eigenvalue weighted by Crippen LogP contribution is -2.13. The van der Waals surface area contributed by atoms with Crippen LogP contribution in [0.25, 0.3) is 10.8 Å². The van der Waals surface area contributed by atoms with Crippen LogP contribution in [0.5, 0.6) is 5.75 Å². The molecule has 1 amide bonds. The summed E-state index contributed by atoms with van der Waals surface area (Å²) in [7, 11) is 1.46. The number of carbonyl (C=O) groups excluding carboxylic acids is 1. The molecule has 0 saturated heterocycles. The molecule has 3 nitrogen and oxygen atoms in total. The number of methoxy groups -OCH3 is 1. The van der Waals surface area contributed by atoms with E-state index < -0.39 is 17.6 Å². The van der Waals surface area contributed by atoms with Crippen molar-refractivity contribution in [3.05, 3.63) is 71.8 Å². The van der Waals surface area contributed by atoms with Crippen molar-refractivity contribution >= 4 is 22.4 Å². The van der Waals surface area contributed by atoms with Crippen LogP contribution in [0.2, 0.25) is 0 Å². The van der Waals surface area contributed by atoms with E-state index in [-0.39, 0.29) is 5.69 Å². The Hall–Kier alpha value is -3.02. The Morgan fingerprint density at radius 3 is 2.12 bits per heavy atom. The fourth-order valence-corrected chi connectivity index (χ4v) is 2.51. The van der Waals surface area contributed by atoms with Gasteiger partial charge in [0.2, 0.25) is 0 Å². The number of anilines is 1. The number of halogens is 3. The fraction of sp³-hybridized carbons (Fsp3) is 0.105. The predicted octanol–water partition coefficient (Wildman–Crippen LogP) is 5.12. The van der Waals surface area contributed by atoms with Gasteiger partial charge in [-0.1, -0.05) is 24.3 Å². The zero-order valence-electron chi connectivity index (χ0n) is 13.2. The molecule has 0 unspecified atom stereocenters. The van der Waals surface area contributed by atoms with Crippen molar-refractivity contribution in [2.45, 2.75) is 6.18 Å². The van der Waals surface area contributed by atoms with Crippen molar-refractivity contribution in [2.75, 3.05) is 12.4 Å². The van der Waals surface area contributed by atoms with Gasteiger partial charge in [0, 0.05) is 5.69 Å². The summed E-state index contributed by atoms with van der Waals surface area (Å²) in [5.41, 5.74) is -0.192. The average molecular weight is 345 g/mol.